The highest BCUT2D eigenvalue weighted by atomic mass is 35.5. The molecule has 0 saturated heterocycles. The lowest BCUT2D eigenvalue weighted by Crippen LogP contribution is -2.22. The van der Waals surface area contributed by atoms with Crippen LogP contribution in [-0.4, -0.2) is 13.0 Å². The Morgan fingerprint density at radius 1 is 1.54 bits per heavy atom. The Kier molecular flexibility index (Phi) is 3.28. The summed E-state index contributed by atoms with van der Waals surface area (Å²) in [6, 6.07) is 5.05. The van der Waals surface area contributed by atoms with E-state index in [-0.39, 0.29) is 5.91 Å². The maximum absolute atomic E-state index is 11.3. The smallest absolute Gasteiger partial charge is 0.275 e. The first kappa shape index (κ1) is 10.0. The Hall–Kier alpha value is -1.06. The molecule has 1 rings (SSSR count). The third-order valence-electron chi connectivity index (χ3n) is 1.63. The second-order valence-electron chi connectivity index (χ2n) is 2.59. The van der Waals surface area contributed by atoms with E-state index < -0.39 is 0 Å². The highest BCUT2D eigenvalue weighted by Gasteiger charge is 2.07. The van der Waals surface area contributed by atoms with E-state index in [9.17, 15) is 4.79 Å². The van der Waals surface area contributed by atoms with Crippen molar-refractivity contribution in [3.05, 3.63) is 34.3 Å². The van der Waals surface area contributed by atoms with Crippen LogP contribution >= 0.6 is 11.6 Å². The number of halogens is 1. The van der Waals surface area contributed by atoms with Crippen LogP contribution in [0.5, 0.6) is 0 Å². The minimum atomic E-state index is -0.267. The Balaban J connectivity index is 2.95. The Morgan fingerprint density at radius 2 is 2.23 bits per heavy atom. The monoisotopic (exact) mass is 199 g/mol. The van der Waals surface area contributed by atoms with Crippen molar-refractivity contribution in [1.29, 1.82) is 0 Å². The standard InChI is InChI=1S/C9H10ClNO2/c1-6-5-7(10)3-4-8(6)9(12)11-13-2/h3-5H,1-2H3,(H,11,12). The average molecular weight is 200 g/mol. The molecule has 0 aliphatic carbocycles. The predicted octanol–water partition coefficient (Wildman–Crippen LogP) is 1.94. The third kappa shape index (κ3) is 2.44. The molecule has 0 atom stereocenters. The highest BCUT2D eigenvalue weighted by molar-refractivity contribution is 6.30. The van der Waals surface area contributed by atoms with Gasteiger partial charge in [-0.2, -0.15) is 0 Å². The number of hydrogen-bond donors (Lipinski definition) is 1. The van der Waals surface area contributed by atoms with E-state index in [4.69, 9.17) is 11.6 Å². The molecule has 0 bridgehead atoms. The van der Waals surface area contributed by atoms with Gasteiger partial charge in [-0.05, 0) is 30.7 Å². The van der Waals surface area contributed by atoms with E-state index in [0.717, 1.165) is 5.56 Å². The maximum Gasteiger partial charge on any atom is 0.275 e. The van der Waals surface area contributed by atoms with Crippen molar-refractivity contribution >= 4 is 17.5 Å². The first-order valence-corrected chi connectivity index (χ1v) is 4.12. The first-order chi connectivity index (χ1) is 6.15. The predicted molar refractivity (Wildman–Crippen MR) is 50.7 cm³/mol. The summed E-state index contributed by atoms with van der Waals surface area (Å²) < 4.78 is 0. The average Bonchev–Trinajstić information content (AvgIpc) is 2.04. The van der Waals surface area contributed by atoms with E-state index in [1.807, 2.05) is 6.92 Å². The van der Waals surface area contributed by atoms with E-state index >= 15 is 0 Å². The van der Waals surface area contributed by atoms with E-state index in [0.29, 0.717) is 10.6 Å². The van der Waals surface area contributed by atoms with Gasteiger partial charge in [0, 0.05) is 10.6 Å². The third-order valence-corrected chi connectivity index (χ3v) is 1.86. The zero-order valence-electron chi connectivity index (χ0n) is 7.43. The Morgan fingerprint density at radius 3 is 2.77 bits per heavy atom. The van der Waals surface area contributed by atoms with Gasteiger partial charge in [-0.25, -0.2) is 5.48 Å². The van der Waals surface area contributed by atoms with Crippen molar-refractivity contribution in [3.8, 4) is 0 Å². The normalized spacial score (nSPS) is 9.77. The molecule has 3 nitrogen and oxygen atoms in total. The van der Waals surface area contributed by atoms with Crippen LogP contribution in [0.4, 0.5) is 0 Å². The van der Waals surface area contributed by atoms with E-state index in [1.54, 1.807) is 18.2 Å². The van der Waals surface area contributed by atoms with Crippen molar-refractivity contribution in [2.45, 2.75) is 6.92 Å². The van der Waals surface area contributed by atoms with Crippen molar-refractivity contribution in [3.63, 3.8) is 0 Å². The zero-order chi connectivity index (χ0) is 9.84. The van der Waals surface area contributed by atoms with Crippen LogP contribution in [0.1, 0.15) is 15.9 Å². The number of aryl methyl sites for hydroxylation is 1. The lowest BCUT2D eigenvalue weighted by molar-refractivity contribution is 0.0537. The minimum absolute atomic E-state index is 0.267. The van der Waals surface area contributed by atoms with Crippen LogP contribution in [0.2, 0.25) is 5.02 Å². The zero-order valence-corrected chi connectivity index (χ0v) is 8.18. The molecule has 0 spiro atoms. The van der Waals surface area contributed by atoms with Crippen LogP contribution < -0.4 is 5.48 Å². The quantitative estimate of drug-likeness (QED) is 0.740. The molecular weight excluding hydrogens is 190 g/mol. The number of rotatable bonds is 2. The SMILES string of the molecule is CONC(=O)c1ccc(Cl)cc1C. The fraction of sp³-hybridized carbons (Fsp3) is 0.222. The Bertz CT molecular complexity index is 325. The molecule has 0 radical (unpaired) electrons. The number of amides is 1. The fourth-order valence-corrected chi connectivity index (χ4v) is 1.26. The number of carbonyl (C=O) groups is 1. The van der Waals surface area contributed by atoms with E-state index in [2.05, 4.69) is 10.3 Å². The maximum atomic E-state index is 11.3. The van der Waals surface area contributed by atoms with Gasteiger partial charge < -0.3 is 0 Å². The van der Waals surface area contributed by atoms with Gasteiger partial charge in [0.15, 0.2) is 0 Å². The number of carbonyl (C=O) groups excluding carboxylic acids is 1. The summed E-state index contributed by atoms with van der Waals surface area (Å²) in [6.45, 7) is 1.82. The molecule has 0 unspecified atom stereocenters. The lowest BCUT2D eigenvalue weighted by Gasteiger charge is -2.05. The molecule has 4 heteroatoms. The molecule has 0 saturated carbocycles. The van der Waals surface area contributed by atoms with Gasteiger partial charge in [-0.1, -0.05) is 11.6 Å². The molecule has 0 aliphatic rings. The summed E-state index contributed by atoms with van der Waals surface area (Å²) >= 11 is 5.74. The molecule has 0 aromatic heterocycles. The van der Waals surface area contributed by atoms with Crippen LogP contribution in [0, 0.1) is 6.92 Å². The van der Waals surface area contributed by atoms with Gasteiger partial charge in [-0.3, -0.25) is 9.63 Å². The summed E-state index contributed by atoms with van der Waals surface area (Å²) in [4.78, 5) is 15.8. The van der Waals surface area contributed by atoms with Crippen molar-refractivity contribution < 1.29 is 9.63 Å². The summed E-state index contributed by atoms with van der Waals surface area (Å²) in [7, 11) is 1.39. The van der Waals surface area contributed by atoms with Crippen molar-refractivity contribution in [1.82, 2.24) is 5.48 Å². The number of hydrogen-bond acceptors (Lipinski definition) is 2. The van der Waals surface area contributed by atoms with Crippen LogP contribution in [-0.2, 0) is 4.84 Å². The van der Waals surface area contributed by atoms with Gasteiger partial charge in [-0.15, -0.1) is 0 Å². The van der Waals surface area contributed by atoms with E-state index in [1.165, 1.54) is 7.11 Å². The Labute approximate surface area is 81.6 Å². The summed E-state index contributed by atoms with van der Waals surface area (Å²) in [5.74, 6) is -0.267. The number of benzene rings is 1. The van der Waals surface area contributed by atoms with Crippen molar-refractivity contribution in [2.24, 2.45) is 0 Å². The molecule has 70 valence electrons. The van der Waals surface area contributed by atoms with Gasteiger partial charge in [0.2, 0.25) is 0 Å². The first-order valence-electron chi connectivity index (χ1n) is 3.74. The van der Waals surface area contributed by atoms with Crippen LogP contribution in [0.3, 0.4) is 0 Å². The summed E-state index contributed by atoms with van der Waals surface area (Å²) in [6.07, 6.45) is 0. The fourth-order valence-electron chi connectivity index (χ4n) is 1.03. The largest absolute Gasteiger partial charge is 0.277 e. The molecular formula is C9H10ClNO2. The molecule has 1 amide bonds. The molecule has 0 aliphatic heterocycles. The summed E-state index contributed by atoms with van der Waals surface area (Å²) in [5.41, 5.74) is 3.62. The molecule has 0 fully saturated rings. The van der Waals surface area contributed by atoms with Gasteiger partial charge in [0.25, 0.3) is 5.91 Å². The lowest BCUT2D eigenvalue weighted by atomic mass is 10.1. The minimum Gasteiger partial charge on any atom is -0.277 e. The molecule has 0 heterocycles. The number of hydroxylamine groups is 1. The second kappa shape index (κ2) is 4.25. The molecule has 13 heavy (non-hydrogen) atoms. The topological polar surface area (TPSA) is 38.3 Å². The van der Waals surface area contributed by atoms with Crippen molar-refractivity contribution in [2.75, 3.05) is 7.11 Å². The van der Waals surface area contributed by atoms with Gasteiger partial charge in [0.1, 0.15) is 0 Å². The van der Waals surface area contributed by atoms with Gasteiger partial charge >= 0.3 is 0 Å². The summed E-state index contributed by atoms with van der Waals surface area (Å²) in [5, 5.41) is 0.617. The van der Waals surface area contributed by atoms with Crippen LogP contribution in [0.15, 0.2) is 18.2 Å². The number of nitrogens with one attached hydrogen (secondary N) is 1. The van der Waals surface area contributed by atoms with Crippen LogP contribution in [0.25, 0.3) is 0 Å². The molecule has 1 N–H and O–H groups in total. The molecule has 1 aromatic rings. The van der Waals surface area contributed by atoms with Gasteiger partial charge in [0.05, 0.1) is 7.11 Å². The molecule has 1 aromatic carbocycles. The highest BCUT2D eigenvalue weighted by Crippen LogP contribution is 2.14. The second-order valence-corrected chi connectivity index (χ2v) is 3.03.